The molecule has 0 amide bonds. The summed E-state index contributed by atoms with van der Waals surface area (Å²) in [6, 6.07) is 15.0. The van der Waals surface area contributed by atoms with Gasteiger partial charge >= 0.3 is 0 Å². The summed E-state index contributed by atoms with van der Waals surface area (Å²) in [6.45, 7) is 0.478. The molecule has 110 valence electrons. The van der Waals surface area contributed by atoms with Crippen molar-refractivity contribution in [1.82, 2.24) is 0 Å². The van der Waals surface area contributed by atoms with E-state index in [-0.39, 0.29) is 12.5 Å². The molecule has 5 heteroatoms. The average molecular weight is 350 g/mol. The zero-order chi connectivity index (χ0) is 15.2. The van der Waals surface area contributed by atoms with Crippen molar-refractivity contribution in [3.63, 3.8) is 0 Å². The number of carbonyl (C=O) groups is 1. The summed E-state index contributed by atoms with van der Waals surface area (Å²) in [5, 5.41) is 10.6. The van der Waals surface area contributed by atoms with Gasteiger partial charge in [-0.15, -0.1) is 0 Å². The summed E-state index contributed by atoms with van der Waals surface area (Å²) in [5.41, 5.74) is 5.75. The molecular formula is C16H16BrNO3. The highest BCUT2D eigenvalue weighted by Gasteiger charge is 2.12. The van der Waals surface area contributed by atoms with E-state index in [0.29, 0.717) is 12.4 Å². The molecule has 0 unspecified atom stereocenters. The van der Waals surface area contributed by atoms with Gasteiger partial charge < -0.3 is 20.4 Å². The molecule has 3 N–H and O–H groups in total. The van der Waals surface area contributed by atoms with Crippen molar-refractivity contribution >= 4 is 21.9 Å². The maximum Gasteiger partial charge on any atom is 0.134 e. The van der Waals surface area contributed by atoms with Crippen LogP contribution in [-0.4, -0.2) is 5.97 Å². The number of hydrogen-bond acceptors (Lipinski definition) is 3. The molecule has 0 aliphatic carbocycles. The first-order valence-electron chi connectivity index (χ1n) is 6.55. The number of aliphatic carboxylic acids is 1. The zero-order valence-electron chi connectivity index (χ0n) is 11.4. The molecule has 4 nitrogen and oxygen atoms in total. The number of carboxylic acid groups (broad SMARTS) is 1. The van der Waals surface area contributed by atoms with Crippen LogP contribution in [0.15, 0.2) is 53.0 Å². The fourth-order valence-electron chi connectivity index (χ4n) is 1.94. The van der Waals surface area contributed by atoms with Gasteiger partial charge in [0.05, 0.1) is 4.47 Å². The van der Waals surface area contributed by atoms with E-state index in [0.717, 1.165) is 15.6 Å². The van der Waals surface area contributed by atoms with Gasteiger partial charge in [-0.2, -0.15) is 0 Å². The molecule has 21 heavy (non-hydrogen) atoms. The van der Waals surface area contributed by atoms with Crippen LogP contribution in [0.25, 0.3) is 0 Å². The molecule has 0 radical (unpaired) electrons. The van der Waals surface area contributed by atoms with Gasteiger partial charge in [0, 0.05) is 18.0 Å². The Labute approximate surface area is 131 Å². The molecule has 2 aromatic rings. The molecule has 2 aromatic carbocycles. The largest absolute Gasteiger partial charge is 0.550 e. The topological polar surface area (TPSA) is 77.0 Å². The van der Waals surface area contributed by atoms with Gasteiger partial charge in [-0.05, 0) is 39.7 Å². The van der Waals surface area contributed by atoms with Gasteiger partial charge in [0.15, 0.2) is 0 Å². The van der Waals surface area contributed by atoms with Crippen molar-refractivity contribution in [2.75, 3.05) is 0 Å². The third-order valence-corrected chi connectivity index (χ3v) is 3.70. The summed E-state index contributed by atoms with van der Waals surface area (Å²) in [5.74, 6) is -0.390. The van der Waals surface area contributed by atoms with Gasteiger partial charge in [0.2, 0.25) is 0 Å². The van der Waals surface area contributed by atoms with E-state index >= 15 is 0 Å². The second-order valence-electron chi connectivity index (χ2n) is 4.74. The Morgan fingerprint density at radius 3 is 2.57 bits per heavy atom. The van der Waals surface area contributed by atoms with Crippen LogP contribution in [0.3, 0.4) is 0 Å². The van der Waals surface area contributed by atoms with Gasteiger partial charge in [0.25, 0.3) is 0 Å². The summed E-state index contributed by atoms with van der Waals surface area (Å²) >= 11 is 3.44. The molecule has 0 aliphatic rings. The van der Waals surface area contributed by atoms with Crippen LogP contribution in [-0.2, 0) is 11.4 Å². The Kier molecular flexibility index (Phi) is 5.36. The van der Waals surface area contributed by atoms with E-state index in [1.165, 1.54) is 0 Å². The number of carbonyl (C=O) groups excluding carboxylic acids is 1. The molecule has 0 fully saturated rings. The second kappa shape index (κ2) is 7.24. The summed E-state index contributed by atoms with van der Waals surface area (Å²) < 4.78 is 6.52. The number of halogens is 1. The first-order chi connectivity index (χ1) is 10.1. The highest BCUT2D eigenvalue weighted by Crippen LogP contribution is 2.28. The van der Waals surface area contributed by atoms with Crippen molar-refractivity contribution in [3.05, 3.63) is 64.1 Å². The Morgan fingerprint density at radius 1 is 1.24 bits per heavy atom. The van der Waals surface area contributed by atoms with E-state index in [2.05, 4.69) is 21.7 Å². The van der Waals surface area contributed by atoms with Crippen LogP contribution < -0.4 is 15.6 Å². The van der Waals surface area contributed by atoms with Crippen LogP contribution in [0, 0.1) is 0 Å². The maximum absolute atomic E-state index is 10.6. The van der Waals surface area contributed by atoms with Crippen molar-refractivity contribution in [3.8, 4) is 5.75 Å². The molecule has 0 aliphatic heterocycles. The Morgan fingerprint density at radius 2 is 1.95 bits per heavy atom. The smallest absolute Gasteiger partial charge is 0.134 e. The molecule has 0 aromatic heterocycles. The van der Waals surface area contributed by atoms with E-state index in [4.69, 9.17) is 4.74 Å². The molecule has 2 rings (SSSR count). The Bertz CT molecular complexity index is 616. The molecule has 0 saturated carbocycles. The molecule has 0 bridgehead atoms. The Hall–Kier alpha value is -1.85. The highest BCUT2D eigenvalue weighted by molar-refractivity contribution is 9.10. The third-order valence-electron chi connectivity index (χ3n) is 3.08. The minimum atomic E-state index is -1.10. The van der Waals surface area contributed by atoms with Crippen LogP contribution in [0.1, 0.15) is 23.6 Å². The number of ether oxygens (including phenoxy) is 1. The van der Waals surface area contributed by atoms with E-state index in [1.807, 2.05) is 48.5 Å². The standard InChI is InChI=1S/C16H16BrNO3/c17-13-8-12(14(18)9-16(19)20)6-7-15(13)21-10-11-4-2-1-3-5-11/h1-8,14H,9-10,18H2,(H,19,20)/t14-/m0/s1. The number of carboxylic acids is 1. The highest BCUT2D eigenvalue weighted by atomic mass is 79.9. The third kappa shape index (κ3) is 4.58. The predicted octanol–water partition coefficient (Wildman–Crippen LogP) is 1.45. The SMILES string of the molecule is [NH3+][C@@H](CC(=O)[O-])c1ccc(OCc2ccccc2)c(Br)c1. The summed E-state index contributed by atoms with van der Waals surface area (Å²) in [7, 11) is 0. The van der Waals surface area contributed by atoms with Crippen LogP contribution >= 0.6 is 15.9 Å². The molecule has 0 spiro atoms. The second-order valence-corrected chi connectivity index (χ2v) is 5.59. The number of hydrogen-bond donors (Lipinski definition) is 1. The lowest BCUT2D eigenvalue weighted by Crippen LogP contribution is -2.55. The van der Waals surface area contributed by atoms with Gasteiger partial charge in [0.1, 0.15) is 18.4 Å². The van der Waals surface area contributed by atoms with E-state index in [1.54, 1.807) is 0 Å². The lowest BCUT2D eigenvalue weighted by atomic mass is 10.0. The molecule has 0 saturated heterocycles. The summed E-state index contributed by atoms with van der Waals surface area (Å²) in [4.78, 5) is 10.6. The first kappa shape index (κ1) is 15.5. The van der Waals surface area contributed by atoms with Crippen molar-refractivity contribution < 1.29 is 20.4 Å². The monoisotopic (exact) mass is 349 g/mol. The lowest BCUT2D eigenvalue weighted by molar-refractivity contribution is -0.430. The van der Waals surface area contributed by atoms with Crippen molar-refractivity contribution in [2.24, 2.45) is 0 Å². The van der Waals surface area contributed by atoms with Crippen LogP contribution in [0.4, 0.5) is 0 Å². The average Bonchev–Trinajstić information content (AvgIpc) is 2.46. The minimum absolute atomic E-state index is 0.101. The molecule has 0 heterocycles. The lowest BCUT2D eigenvalue weighted by Gasteiger charge is -2.13. The van der Waals surface area contributed by atoms with Crippen LogP contribution in [0.5, 0.6) is 5.75 Å². The Balaban J connectivity index is 2.04. The van der Waals surface area contributed by atoms with Gasteiger partial charge in [-0.3, -0.25) is 0 Å². The number of quaternary nitrogens is 1. The predicted molar refractivity (Wildman–Crippen MR) is 80.2 cm³/mol. The number of benzene rings is 2. The van der Waals surface area contributed by atoms with Crippen molar-refractivity contribution in [1.29, 1.82) is 0 Å². The van der Waals surface area contributed by atoms with Crippen LogP contribution in [0.2, 0.25) is 0 Å². The van der Waals surface area contributed by atoms with E-state index < -0.39 is 5.97 Å². The van der Waals surface area contributed by atoms with Crippen molar-refractivity contribution in [2.45, 2.75) is 19.1 Å². The summed E-state index contributed by atoms with van der Waals surface area (Å²) in [6.07, 6.45) is -0.101. The number of rotatable bonds is 6. The van der Waals surface area contributed by atoms with Gasteiger partial charge in [-0.25, -0.2) is 0 Å². The van der Waals surface area contributed by atoms with E-state index in [9.17, 15) is 9.90 Å². The maximum atomic E-state index is 10.6. The fourth-order valence-corrected chi connectivity index (χ4v) is 2.45. The van der Waals surface area contributed by atoms with Gasteiger partial charge in [-0.1, -0.05) is 30.3 Å². The quantitative estimate of drug-likeness (QED) is 0.857. The normalized spacial score (nSPS) is 11.9. The molecular weight excluding hydrogens is 334 g/mol. The fraction of sp³-hybridized carbons (Fsp3) is 0.188. The molecule has 1 atom stereocenters. The minimum Gasteiger partial charge on any atom is -0.550 e. The first-order valence-corrected chi connectivity index (χ1v) is 7.34. The zero-order valence-corrected chi connectivity index (χ0v) is 13.0.